The molecule has 1 atom stereocenters. The van der Waals surface area contributed by atoms with E-state index in [9.17, 15) is 13.2 Å². The Morgan fingerprint density at radius 2 is 1.86 bits per heavy atom. The molecular formula is C19H31ClN4O3S2. The number of thiophene rings is 1. The van der Waals surface area contributed by atoms with Crippen LogP contribution in [0.15, 0.2) is 16.3 Å². The van der Waals surface area contributed by atoms with Crippen molar-refractivity contribution in [2.24, 2.45) is 11.8 Å². The minimum atomic E-state index is -3.48. The molecule has 29 heavy (non-hydrogen) atoms. The summed E-state index contributed by atoms with van der Waals surface area (Å²) in [6.45, 7) is 8.63. The van der Waals surface area contributed by atoms with Gasteiger partial charge in [0.15, 0.2) is 0 Å². The van der Waals surface area contributed by atoms with E-state index in [1.807, 2.05) is 6.92 Å². The number of amides is 1. The van der Waals surface area contributed by atoms with Crippen molar-refractivity contribution >= 4 is 38.9 Å². The van der Waals surface area contributed by atoms with Crippen LogP contribution in [0.5, 0.6) is 0 Å². The van der Waals surface area contributed by atoms with Crippen molar-refractivity contribution in [3.8, 4) is 0 Å². The Labute approximate surface area is 183 Å². The van der Waals surface area contributed by atoms with Crippen molar-refractivity contribution in [1.82, 2.24) is 19.4 Å². The molecule has 2 fully saturated rings. The zero-order chi connectivity index (χ0) is 21.0. The maximum Gasteiger partial charge on any atom is 0.252 e. The van der Waals surface area contributed by atoms with E-state index >= 15 is 0 Å². The average Bonchev–Trinajstić information content (AvgIpc) is 3.16. The standard InChI is InChI=1S/C19H31ClN4O3S2/c1-15(19(25)21-7-10-23-13-11-22(2)12-14-23)16-5-8-24(9-6-16)29(26,27)18-4-3-17(20)28-18/h3-4,15-16H,5-14H2,1-2H3,(H,21,25). The van der Waals surface area contributed by atoms with Gasteiger partial charge in [-0.25, -0.2) is 8.42 Å². The molecule has 0 radical (unpaired) electrons. The summed E-state index contributed by atoms with van der Waals surface area (Å²) in [5.74, 6) is 0.172. The summed E-state index contributed by atoms with van der Waals surface area (Å²) < 4.78 is 27.7. The summed E-state index contributed by atoms with van der Waals surface area (Å²) in [5.41, 5.74) is 0. The number of piperazine rings is 1. The number of hydrogen-bond donors (Lipinski definition) is 1. The summed E-state index contributed by atoms with van der Waals surface area (Å²) in [6.07, 6.45) is 1.40. The first-order chi connectivity index (χ1) is 13.8. The van der Waals surface area contributed by atoms with E-state index in [1.54, 1.807) is 12.1 Å². The predicted molar refractivity (Wildman–Crippen MR) is 117 cm³/mol. The molecule has 2 saturated heterocycles. The van der Waals surface area contributed by atoms with Crippen LogP contribution < -0.4 is 5.32 Å². The zero-order valence-corrected chi connectivity index (χ0v) is 19.5. The largest absolute Gasteiger partial charge is 0.355 e. The summed E-state index contributed by atoms with van der Waals surface area (Å²) >= 11 is 6.97. The fourth-order valence-corrected chi connectivity index (χ4v) is 7.07. The summed E-state index contributed by atoms with van der Waals surface area (Å²) in [6, 6.07) is 3.17. The zero-order valence-electron chi connectivity index (χ0n) is 17.1. The molecule has 1 N–H and O–H groups in total. The third-order valence-electron chi connectivity index (χ3n) is 6.09. The Morgan fingerprint density at radius 3 is 2.45 bits per heavy atom. The van der Waals surface area contributed by atoms with Crippen LogP contribution in [0.25, 0.3) is 0 Å². The minimum Gasteiger partial charge on any atom is -0.355 e. The molecule has 0 saturated carbocycles. The molecule has 164 valence electrons. The Hall–Kier alpha value is -0.710. The average molecular weight is 463 g/mol. The van der Waals surface area contributed by atoms with Crippen molar-refractivity contribution < 1.29 is 13.2 Å². The third kappa shape index (κ3) is 5.92. The second kappa shape index (κ2) is 10.1. The molecule has 3 rings (SSSR count). The fraction of sp³-hybridized carbons (Fsp3) is 0.737. The van der Waals surface area contributed by atoms with Gasteiger partial charge in [0.1, 0.15) is 4.21 Å². The number of piperidine rings is 1. The van der Waals surface area contributed by atoms with Gasteiger partial charge in [-0.1, -0.05) is 18.5 Å². The van der Waals surface area contributed by atoms with E-state index in [4.69, 9.17) is 11.6 Å². The number of halogens is 1. The molecule has 0 aliphatic carbocycles. The molecule has 0 bridgehead atoms. The SMILES string of the molecule is CC(C(=O)NCCN1CCN(C)CC1)C1CCN(S(=O)(=O)c2ccc(Cl)s2)CC1. The Bertz CT molecular complexity index is 785. The van der Waals surface area contributed by atoms with E-state index in [2.05, 4.69) is 22.2 Å². The number of nitrogens with zero attached hydrogens (tertiary/aromatic N) is 3. The van der Waals surface area contributed by atoms with E-state index in [1.165, 1.54) is 4.31 Å². The summed E-state index contributed by atoms with van der Waals surface area (Å²) in [7, 11) is -1.35. The number of carbonyl (C=O) groups is 1. The Balaban J connectivity index is 1.42. The van der Waals surface area contributed by atoms with Crippen molar-refractivity contribution in [2.75, 3.05) is 59.4 Å². The van der Waals surface area contributed by atoms with E-state index < -0.39 is 10.0 Å². The maximum absolute atomic E-state index is 12.7. The molecule has 3 heterocycles. The lowest BCUT2D eigenvalue weighted by atomic mass is 9.85. The second-order valence-electron chi connectivity index (χ2n) is 8.02. The number of nitrogens with one attached hydrogen (secondary N) is 1. The highest BCUT2D eigenvalue weighted by Crippen LogP contribution is 2.32. The van der Waals surface area contributed by atoms with Crippen molar-refractivity contribution in [3.63, 3.8) is 0 Å². The molecule has 2 aliphatic heterocycles. The lowest BCUT2D eigenvalue weighted by Gasteiger charge is -2.34. The van der Waals surface area contributed by atoms with Crippen LogP contribution in [-0.2, 0) is 14.8 Å². The Morgan fingerprint density at radius 1 is 1.21 bits per heavy atom. The first kappa shape index (κ1) is 23.0. The van der Waals surface area contributed by atoms with E-state index in [-0.39, 0.29) is 22.0 Å². The smallest absolute Gasteiger partial charge is 0.252 e. The predicted octanol–water partition coefficient (Wildman–Crippen LogP) is 1.80. The number of sulfonamides is 1. The van der Waals surface area contributed by atoms with Crippen LogP contribution in [0.3, 0.4) is 0 Å². The first-order valence-corrected chi connectivity index (χ1v) is 12.8. The van der Waals surface area contributed by atoms with Crippen LogP contribution in [0.4, 0.5) is 0 Å². The second-order valence-corrected chi connectivity index (χ2v) is 11.9. The van der Waals surface area contributed by atoms with E-state index in [0.29, 0.717) is 36.8 Å². The molecule has 2 aliphatic rings. The van der Waals surface area contributed by atoms with Crippen molar-refractivity contribution in [2.45, 2.75) is 24.0 Å². The highest BCUT2D eigenvalue weighted by molar-refractivity contribution is 7.91. The highest BCUT2D eigenvalue weighted by atomic mass is 35.5. The molecular weight excluding hydrogens is 432 g/mol. The van der Waals surface area contributed by atoms with Gasteiger partial charge in [0.2, 0.25) is 5.91 Å². The van der Waals surface area contributed by atoms with Gasteiger partial charge in [0, 0.05) is 58.3 Å². The molecule has 10 heteroatoms. The topological polar surface area (TPSA) is 73.0 Å². The first-order valence-electron chi connectivity index (χ1n) is 10.2. The molecule has 0 aromatic carbocycles. The quantitative estimate of drug-likeness (QED) is 0.669. The number of rotatable bonds is 7. The molecule has 0 spiro atoms. The van der Waals surface area contributed by atoms with Gasteiger partial charge < -0.3 is 10.2 Å². The summed E-state index contributed by atoms with van der Waals surface area (Å²) in [5, 5.41) is 3.07. The normalized spacial score (nSPS) is 21.9. The van der Waals surface area contributed by atoms with E-state index in [0.717, 1.165) is 44.1 Å². The van der Waals surface area contributed by atoms with Gasteiger partial charge in [-0.2, -0.15) is 4.31 Å². The molecule has 1 amide bonds. The fourth-order valence-electron chi connectivity index (χ4n) is 3.96. The molecule has 1 aromatic heterocycles. The maximum atomic E-state index is 12.7. The monoisotopic (exact) mass is 462 g/mol. The lowest BCUT2D eigenvalue weighted by Crippen LogP contribution is -2.47. The number of hydrogen-bond acceptors (Lipinski definition) is 6. The minimum absolute atomic E-state index is 0.0745. The number of likely N-dealkylation sites (N-methyl/N-ethyl adjacent to an activating group) is 1. The highest BCUT2D eigenvalue weighted by Gasteiger charge is 2.34. The van der Waals surface area contributed by atoms with Crippen LogP contribution in [0.1, 0.15) is 19.8 Å². The van der Waals surface area contributed by atoms with Crippen LogP contribution >= 0.6 is 22.9 Å². The Kier molecular flexibility index (Phi) is 7.97. The molecule has 1 aromatic rings. The molecule has 1 unspecified atom stereocenters. The van der Waals surface area contributed by atoms with Gasteiger partial charge in [-0.05, 0) is 37.9 Å². The van der Waals surface area contributed by atoms with Gasteiger partial charge in [-0.3, -0.25) is 9.69 Å². The summed E-state index contributed by atoms with van der Waals surface area (Å²) in [4.78, 5) is 17.3. The van der Waals surface area contributed by atoms with Gasteiger partial charge in [0.25, 0.3) is 10.0 Å². The third-order valence-corrected chi connectivity index (χ3v) is 9.68. The van der Waals surface area contributed by atoms with Crippen LogP contribution in [-0.4, -0.2) is 87.8 Å². The molecule has 7 nitrogen and oxygen atoms in total. The van der Waals surface area contributed by atoms with Crippen molar-refractivity contribution in [3.05, 3.63) is 16.5 Å². The van der Waals surface area contributed by atoms with Gasteiger partial charge >= 0.3 is 0 Å². The number of carbonyl (C=O) groups excluding carboxylic acids is 1. The van der Waals surface area contributed by atoms with Crippen LogP contribution in [0.2, 0.25) is 4.34 Å². The lowest BCUT2D eigenvalue weighted by molar-refractivity contribution is -0.126. The van der Waals surface area contributed by atoms with Crippen molar-refractivity contribution in [1.29, 1.82) is 0 Å². The van der Waals surface area contributed by atoms with Gasteiger partial charge in [0.05, 0.1) is 4.34 Å². The van der Waals surface area contributed by atoms with Crippen LogP contribution in [0, 0.1) is 11.8 Å². The van der Waals surface area contributed by atoms with Gasteiger partial charge in [-0.15, -0.1) is 11.3 Å².